The molecule has 5 heteroatoms. The van der Waals surface area contributed by atoms with Crippen molar-refractivity contribution in [1.82, 2.24) is 5.32 Å². The van der Waals surface area contributed by atoms with Gasteiger partial charge >= 0.3 is 0 Å². The van der Waals surface area contributed by atoms with Crippen LogP contribution < -0.4 is 10.6 Å². The highest BCUT2D eigenvalue weighted by Crippen LogP contribution is 2.25. The Balaban J connectivity index is 1.80. The SMILES string of the molecule is O=C(CCC1CCNC1)Nc1ccc(Cl)c(Br)c1. The topological polar surface area (TPSA) is 41.1 Å². The Hall–Kier alpha value is -0.580. The van der Waals surface area contributed by atoms with E-state index in [1.807, 2.05) is 12.1 Å². The summed E-state index contributed by atoms with van der Waals surface area (Å²) in [6.07, 6.45) is 2.71. The Morgan fingerprint density at radius 1 is 1.56 bits per heavy atom. The summed E-state index contributed by atoms with van der Waals surface area (Å²) in [5.74, 6) is 0.712. The number of amides is 1. The quantitative estimate of drug-likeness (QED) is 0.887. The van der Waals surface area contributed by atoms with Crippen molar-refractivity contribution in [3.05, 3.63) is 27.7 Å². The normalized spacial score (nSPS) is 18.9. The van der Waals surface area contributed by atoms with Gasteiger partial charge in [-0.05, 0) is 66.0 Å². The summed E-state index contributed by atoms with van der Waals surface area (Å²) >= 11 is 9.24. The fourth-order valence-corrected chi connectivity index (χ4v) is 2.59. The molecule has 0 aliphatic carbocycles. The van der Waals surface area contributed by atoms with Gasteiger partial charge in [-0.2, -0.15) is 0 Å². The first-order valence-electron chi connectivity index (χ1n) is 6.11. The van der Waals surface area contributed by atoms with Gasteiger partial charge in [0.25, 0.3) is 0 Å². The molecular formula is C13H16BrClN2O. The molecule has 98 valence electrons. The van der Waals surface area contributed by atoms with Crippen molar-refractivity contribution in [2.45, 2.75) is 19.3 Å². The molecule has 1 unspecified atom stereocenters. The van der Waals surface area contributed by atoms with Gasteiger partial charge in [0.15, 0.2) is 0 Å². The van der Waals surface area contributed by atoms with E-state index in [2.05, 4.69) is 26.6 Å². The van der Waals surface area contributed by atoms with Gasteiger partial charge < -0.3 is 10.6 Å². The number of hydrogen-bond acceptors (Lipinski definition) is 2. The number of rotatable bonds is 4. The van der Waals surface area contributed by atoms with Crippen LogP contribution >= 0.6 is 27.5 Å². The maximum atomic E-state index is 11.8. The first-order valence-corrected chi connectivity index (χ1v) is 7.28. The highest BCUT2D eigenvalue weighted by Gasteiger charge is 2.15. The van der Waals surface area contributed by atoms with Gasteiger partial charge in [-0.25, -0.2) is 0 Å². The van der Waals surface area contributed by atoms with Crippen molar-refractivity contribution in [2.24, 2.45) is 5.92 Å². The molecular weight excluding hydrogens is 316 g/mol. The number of hydrogen-bond donors (Lipinski definition) is 2. The zero-order chi connectivity index (χ0) is 13.0. The highest BCUT2D eigenvalue weighted by molar-refractivity contribution is 9.10. The van der Waals surface area contributed by atoms with Crippen LogP contribution in [0, 0.1) is 5.92 Å². The number of carbonyl (C=O) groups excluding carboxylic acids is 1. The summed E-state index contributed by atoms with van der Waals surface area (Å²) in [6.45, 7) is 2.12. The maximum absolute atomic E-state index is 11.8. The van der Waals surface area contributed by atoms with Crippen LogP contribution in [0.2, 0.25) is 5.02 Å². The van der Waals surface area contributed by atoms with Gasteiger partial charge in [0.1, 0.15) is 0 Å². The average molecular weight is 332 g/mol. The van der Waals surface area contributed by atoms with Crippen LogP contribution in [0.25, 0.3) is 0 Å². The largest absolute Gasteiger partial charge is 0.326 e. The number of benzene rings is 1. The van der Waals surface area contributed by atoms with Crippen LogP contribution in [-0.4, -0.2) is 19.0 Å². The molecule has 0 aromatic heterocycles. The van der Waals surface area contributed by atoms with Gasteiger partial charge in [-0.3, -0.25) is 4.79 Å². The second kappa shape index (κ2) is 6.55. The van der Waals surface area contributed by atoms with Crippen LogP contribution in [0.3, 0.4) is 0 Å². The third-order valence-electron chi connectivity index (χ3n) is 3.15. The van der Waals surface area contributed by atoms with E-state index in [1.165, 1.54) is 6.42 Å². The standard InChI is InChI=1S/C13H16BrClN2O/c14-11-7-10(2-3-12(11)15)17-13(18)4-1-9-5-6-16-8-9/h2-3,7,9,16H,1,4-6,8H2,(H,17,18). The lowest BCUT2D eigenvalue weighted by molar-refractivity contribution is -0.116. The van der Waals surface area contributed by atoms with Gasteiger partial charge in [-0.1, -0.05) is 11.6 Å². The Bertz CT molecular complexity index is 433. The zero-order valence-corrected chi connectivity index (χ0v) is 12.4. The van der Waals surface area contributed by atoms with E-state index in [0.717, 1.165) is 29.7 Å². The number of nitrogens with one attached hydrogen (secondary N) is 2. The first kappa shape index (κ1) is 13.8. The van der Waals surface area contributed by atoms with Crippen LogP contribution in [-0.2, 0) is 4.79 Å². The maximum Gasteiger partial charge on any atom is 0.224 e. The Morgan fingerprint density at radius 2 is 2.39 bits per heavy atom. The van der Waals surface area contributed by atoms with Crippen LogP contribution in [0.1, 0.15) is 19.3 Å². The van der Waals surface area contributed by atoms with E-state index in [1.54, 1.807) is 6.07 Å². The molecule has 2 rings (SSSR count). The second-order valence-corrected chi connectivity index (χ2v) is 5.84. The zero-order valence-electron chi connectivity index (χ0n) is 10.0. The fraction of sp³-hybridized carbons (Fsp3) is 0.462. The molecule has 0 bridgehead atoms. The minimum atomic E-state index is 0.0659. The van der Waals surface area contributed by atoms with Gasteiger partial charge in [0.05, 0.1) is 5.02 Å². The molecule has 1 aliphatic rings. The number of carbonyl (C=O) groups is 1. The lowest BCUT2D eigenvalue weighted by atomic mass is 10.0. The van der Waals surface area contributed by atoms with Gasteiger partial charge in [0.2, 0.25) is 5.91 Å². The van der Waals surface area contributed by atoms with Crippen molar-refractivity contribution in [3.8, 4) is 0 Å². The van der Waals surface area contributed by atoms with Crippen molar-refractivity contribution in [2.75, 3.05) is 18.4 Å². The number of anilines is 1. The minimum Gasteiger partial charge on any atom is -0.326 e. The van der Waals surface area contributed by atoms with E-state index in [9.17, 15) is 4.79 Å². The molecule has 1 atom stereocenters. The number of halogens is 2. The molecule has 1 aromatic carbocycles. The summed E-state index contributed by atoms with van der Waals surface area (Å²) in [5, 5.41) is 6.84. The molecule has 2 N–H and O–H groups in total. The molecule has 0 saturated carbocycles. The molecule has 0 radical (unpaired) electrons. The Labute approximate surface area is 120 Å². The summed E-state index contributed by atoms with van der Waals surface area (Å²) in [6, 6.07) is 5.39. The molecule has 1 saturated heterocycles. The summed E-state index contributed by atoms with van der Waals surface area (Å²) in [4.78, 5) is 11.8. The van der Waals surface area contributed by atoms with Gasteiger partial charge in [0, 0.05) is 16.6 Å². The summed E-state index contributed by atoms with van der Waals surface area (Å²) in [7, 11) is 0. The smallest absolute Gasteiger partial charge is 0.224 e. The lowest BCUT2D eigenvalue weighted by Gasteiger charge is -2.09. The molecule has 1 fully saturated rings. The third kappa shape index (κ3) is 3.97. The highest BCUT2D eigenvalue weighted by atomic mass is 79.9. The van der Waals surface area contributed by atoms with E-state index in [4.69, 9.17) is 11.6 Å². The second-order valence-electron chi connectivity index (χ2n) is 4.57. The molecule has 1 amide bonds. The predicted molar refractivity (Wildman–Crippen MR) is 78.0 cm³/mol. The van der Waals surface area contributed by atoms with Crippen molar-refractivity contribution in [1.29, 1.82) is 0 Å². The minimum absolute atomic E-state index is 0.0659. The van der Waals surface area contributed by atoms with Crippen LogP contribution in [0.15, 0.2) is 22.7 Å². The molecule has 1 aromatic rings. The van der Waals surface area contributed by atoms with E-state index in [-0.39, 0.29) is 5.91 Å². The van der Waals surface area contributed by atoms with E-state index < -0.39 is 0 Å². The van der Waals surface area contributed by atoms with Crippen molar-refractivity contribution >= 4 is 39.1 Å². The van der Waals surface area contributed by atoms with Crippen molar-refractivity contribution < 1.29 is 4.79 Å². The summed E-state index contributed by atoms with van der Waals surface area (Å²) < 4.78 is 0.793. The lowest BCUT2D eigenvalue weighted by Crippen LogP contribution is -2.15. The van der Waals surface area contributed by atoms with Gasteiger partial charge in [-0.15, -0.1) is 0 Å². The average Bonchev–Trinajstić information content (AvgIpc) is 2.84. The first-order chi connectivity index (χ1) is 8.65. The Morgan fingerprint density at radius 3 is 3.06 bits per heavy atom. The molecule has 1 aliphatic heterocycles. The predicted octanol–water partition coefficient (Wildman–Crippen LogP) is 3.43. The Kier molecular flexibility index (Phi) is 5.03. The summed E-state index contributed by atoms with van der Waals surface area (Å²) in [5.41, 5.74) is 0.779. The van der Waals surface area contributed by atoms with Crippen molar-refractivity contribution in [3.63, 3.8) is 0 Å². The van der Waals surface area contributed by atoms with Crippen LogP contribution in [0.4, 0.5) is 5.69 Å². The van der Waals surface area contributed by atoms with Crippen LogP contribution in [0.5, 0.6) is 0 Å². The van der Waals surface area contributed by atoms with E-state index in [0.29, 0.717) is 17.4 Å². The third-order valence-corrected chi connectivity index (χ3v) is 4.36. The van der Waals surface area contributed by atoms with E-state index >= 15 is 0 Å². The molecule has 3 nitrogen and oxygen atoms in total. The molecule has 1 heterocycles. The molecule has 0 spiro atoms. The fourth-order valence-electron chi connectivity index (χ4n) is 2.09. The molecule has 18 heavy (non-hydrogen) atoms. The monoisotopic (exact) mass is 330 g/mol.